The summed E-state index contributed by atoms with van der Waals surface area (Å²) in [5.74, 6) is 0.635. The number of fused-ring (bicyclic) bond motifs is 1. The van der Waals surface area contributed by atoms with Gasteiger partial charge in [-0.2, -0.15) is 5.10 Å². The van der Waals surface area contributed by atoms with Crippen LogP contribution in [0.25, 0.3) is 31.4 Å². The average molecular weight is 425 g/mol. The standard InChI is InChI=1S/C20H13ClN4OS2/c21-12-3-1-11(2-4-12)17(26)14-9-16(28-19(14)20-23-10-24-25-20)13-5-7-22-15-6-8-27-18(13)15/h1-10,17,26H,(H,23,24,25). The Morgan fingerprint density at radius 2 is 1.93 bits per heavy atom. The second-order valence-electron chi connectivity index (χ2n) is 6.18. The number of aliphatic hydroxyl groups is 1. The van der Waals surface area contributed by atoms with Gasteiger partial charge in [-0.25, -0.2) is 4.98 Å². The molecule has 1 atom stereocenters. The fraction of sp³-hybridized carbons (Fsp3) is 0.0500. The molecular formula is C20H13ClN4OS2. The average Bonchev–Trinajstić information content (AvgIpc) is 3.47. The van der Waals surface area contributed by atoms with Crippen molar-refractivity contribution in [2.24, 2.45) is 0 Å². The first-order chi connectivity index (χ1) is 13.7. The van der Waals surface area contributed by atoms with Crippen molar-refractivity contribution < 1.29 is 5.11 Å². The number of halogens is 1. The molecule has 1 aromatic carbocycles. The number of H-pyrrole nitrogens is 1. The molecule has 28 heavy (non-hydrogen) atoms. The molecule has 0 radical (unpaired) electrons. The van der Waals surface area contributed by atoms with Gasteiger partial charge < -0.3 is 5.11 Å². The number of aromatic amines is 1. The predicted molar refractivity (Wildman–Crippen MR) is 114 cm³/mol. The van der Waals surface area contributed by atoms with Gasteiger partial charge in [-0.1, -0.05) is 23.7 Å². The van der Waals surface area contributed by atoms with Crippen LogP contribution in [0.2, 0.25) is 5.02 Å². The maximum atomic E-state index is 11.1. The van der Waals surface area contributed by atoms with Gasteiger partial charge in [0.05, 0.1) is 15.1 Å². The Bertz CT molecular complexity index is 1250. The van der Waals surface area contributed by atoms with E-state index in [9.17, 15) is 5.11 Å². The molecule has 0 aliphatic carbocycles. The third-order valence-corrected chi connectivity index (χ3v) is 6.86. The topological polar surface area (TPSA) is 74.7 Å². The first kappa shape index (κ1) is 17.5. The second-order valence-corrected chi connectivity index (χ2v) is 8.58. The van der Waals surface area contributed by atoms with Crippen molar-refractivity contribution in [1.29, 1.82) is 0 Å². The van der Waals surface area contributed by atoms with E-state index in [1.54, 1.807) is 34.8 Å². The van der Waals surface area contributed by atoms with Gasteiger partial charge in [-0.15, -0.1) is 22.7 Å². The fourth-order valence-corrected chi connectivity index (χ4v) is 5.37. The molecule has 0 saturated carbocycles. The van der Waals surface area contributed by atoms with Gasteiger partial charge in [-0.05, 0) is 41.3 Å². The van der Waals surface area contributed by atoms with Crippen molar-refractivity contribution in [2.45, 2.75) is 6.10 Å². The summed E-state index contributed by atoms with van der Waals surface area (Å²) in [5, 5.41) is 20.6. The summed E-state index contributed by atoms with van der Waals surface area (Å²) < 4.78 is 1.13. The molecule has 8 heteroatoms. The third kappa shape index (κ3) is 3.02. The zero-order chi connectivity index (χ0) is 19.1. The number of benzene rings is 1. The molecule has 0 aliphatic rings. The van der Waals surface area contributed by atoms with Crippen molar-refractivity contribution in [1.82, 2.24) is 20.2 Å². The summed E-state index contributed by atoms with van der Waals surface area (Å²) in [6.45, 7) is 0. The molecule has 0 bridgehead atoms. The van der Waals surface area contributed by atoms with Crippen LogP contribution in [0, 0.1) is 0 Å². The number of hydrogen-bond acceptors (Lipinski definition) is 6. The summed E-state index contributed by atoms with van der Waals surface area (Å²) in [6.07, 6.45) is 2.48. The molecule has 5 aromatic rings. The number of hydrogen-bond donors (Lipinski definition) is 2. The molecule has 0 amide bonds. The van der Waals surface area contributed by atoms with Crippen LogP contribution in [0.15, 0.2) is 60.4 Å². The van der Waals surface area contributed by atoms with Crippen LogP contribution in [0.5, 0.6) is 0 Å². The highest BCUT2D eigenvalue weighted by molar-refractivity contribution is 7.21. The van der Waals surface area contributed by atoms with E-state index in [2.05, 4.69) is 20.2 Å². The van der Waals surface area contributed by atoms with Crippen LogP contribution in [0.4, 0.5) is 0 Å². The molecule has 1 unspecified atom stereocenters. The molecule has 5 nitrogen and oxygen atoms in total. The van der Waals surface area contributed by atoms with Crippen LogP contribution < -0.4 is 0 Å². The fourth-order valence-electron chi connectivity index (χ4n) is 3.13. The summed E-state index contributed by atoms with van der Waals surface area (Å²) in [5.41, 5.74) is 3.61. The van der Waals surface area contributed by atoms with Crippen molar-refractivity contribution in [3.63, 3.8) is 0 Å². The van der Waals surface area contributed by atoms with E-state index in [1.807, 2.05) is 41.9 Å². The van der Waals surface area contributed by atoms with Crippen LogP contribution >= 0.6 is 34.3 Å². The lowest BCUT2D eigenvalue weighted by Crippen LogP contribution is -2.00. The van der Waals surface area contributed by atoms with Gasteiger partial charge in [0.15, 0.2) is 5.82 Å². The van der Waals surface area contributed by atoms with Crippen LogP contribution in [-0.4, -0.2) is 25.3 Å². The molecular weight excluding hydrogens is 412 g/mol. The summed E-state index contributed by atoms with van der Waals surface area (Å²) in [6, 6.07) is 13.3. The molecule has 0 saturated heterocycles. The first-order valence-electron chi connectivity index (χ1n) is 8.46. The zero-order valence-corrected chi connectivity index (χ0v) is 16.7. The van der Waals surface area contributed by atoms with E-state index in [4.69, 9.17) is 11.6 Å². The number of thiophene rings is 2. The van der Waals surface area contributed by atoms with Crippen LogP contribution in [-0.2, 0) is 0 Å². The Morgan fingerprint density at radius 3 is 2.71 bits per heavy atom. The van der Waals surface area contributed by atoms with E-state index in [-0.39, 0.29) is 0 Å². The highest BCUT2D eigenvalue weighted by atomic mass is 35.5. The van der Waals surface area contributed by atoms with Gasteiger partial charge in [0.1, 0.15) is 12.4 Å². The van der Waals surface area contributed by atoms with Crippen molar-refractivity contribution in [2.75, 3.05) is 0 Å². The van der Waals surface area contributed by atoms with Gasteiger partial charge >= 0.3 is 0 Å². The van der Waals surface area contributed by atoms with Crippen molar-refractivity contribution >= 4 is 44.5 Å². The summed E-state index contributed by atoms with van der Waals surface area (Å²) >= 11 is 9.23. The third-order valence-electron chi connectivity index (χ3n) is 4.48. The number of aromatic nitrogens is 4. The summed E-state index contributed by atoms with van der Waals surface area (Å²) in [7, 11) is 0. The smallest absolute Gasteiger partial charge is 0.165 e. The Labute approximate surface area is 173 Å². The van der Waals surface area contributed by atoms with Crippen molar-refractivity contribution in [3.05, 3.63) is 76.5 Å². The van der Waals surface area contributed by atoms with E-state index >= 15 is 0 Å². The van der Waals surface area contributed by atoms with Gasteiger partial charge in [0, 0.05) is 27.2 Å². The zero-order valence-electron chi connectivity index (χ0n) is 14.3. The maximum Gasteiger partial charge on any atom is 0.165 e. The quantitative estimate of drug-likeness (QED) is 0.397. The molecule has 4 heterocycles. The molecule has 4 aromatic heterocycles. The molecule has 0 spiro atoms. The van der Waals surface area contributed by atoms with Gasteiger partial charge in [0.25, 0.3) is 0 Å². The van der Waals surface area contributed by atoms with E-state index in [0.717, 1.165) is 36.7 Å². The number of pyridine rings is 1. The second kappa shape index (κ2) is 7.10. The normalized spacial score (nSPS) is 12.5. The SMILES string of the molecule is OC(c1ccc(Cl)cc1)c1cc(-c2ccnc3ccsc23)sc1-c1ncn[nH]1. The Kier molecular flexibility index (Phi) is 4.44. The minimum Gasteiger partial charge on any atom is -0.384 e. The van der Waals surface area contributed by atoms with Crippen LogP contribution in [0.1, 0.15) is 17.2 Å². The molecule has 138 valence electrons. The minimum atomic E-state index is -0.803. The highest BCUT2D eigenvalue weighted by Crippen LogP contribution is 2.43. The maximum absolute atomic E-state index is 11.1. The number of nitrogens with zero attached hydrogens (tertiary/aromatic N) is 3. The number of aliphatic hydroxyl groups excluding tert-OH is 1. The lowest BCUT2D eigenvalue weighted by atomic mass is 10.0. The van der Waals surface area contributed by atoms with Gasteiger partial charge in [-0.3, -0.25) is 10.1 Å². The first-order valence-corrected chi connectivity index (χ1v) is 10.5. The molecule has 0 fully saturated rings. The van der Waals surface area contributed by atoms with E-state index in [1.165, 1.54) is 6.33 Å². The largest absolute Gasteiger partial charge is 0.384 e. The van der Waals surface area contributed by atoms with Gasteiger partial charge in [0.2, 0.25) is 0 Å². The van der Waals surface area contributed by atoms with E-state index in [0.29, 0.717) is 10.8 Å². The molecule has 0 aliphatic heterocycles. The van der Waals surface area contributed by atoms with Crippen molar-refractivity contribution in [3.8, 4) is 21.1 Å². The molecule has 2 N–H and O–H groups in total. The van der Waals surface area contributed by atoms with E-state index < -0.39 is 6.10 Å². The Balaban J connectivity index is 1.68. The number of rotatable bonds is 4. The monoisotopic (exact) mass is 424 g/mol. The highest BCUT2D eigenvalue weighted by Gasteiger charge is 2.22. The number of nitrogens with one attached hydrogen (secondary N) is 1. The van der Waals surface area contributed by atoms with Crippen LogP contribution in [0.3, 0.4) is 0 Å². The lowest BCUT2D eigenvalue weighted by molar-refractivity contribution is 0.221. The Morgan fingerprint density at radius 1 is 1.07 bits per heavy atom. The Hall–Kier alpha value is -2.58. The predicted octanol–water partition coefficient (Wildman–Crippen LogP) is 5.55. The minimum absolute atomic E-state index is 0.634. The lowest BCUT2D eigenvalue weighted by Gasteiger charge is -2.11. The molecule has 5 rings (SSSR count). The summed E-state index contributed by atoms with van der Waals surface area (Å²) in [4.78, 5) is 10.6.